The number of hydrogen-bond acceptors (Lipinski definition) is 1. The zero-order valence-electron chi connectivity index (χ0n) is 6.65. The fourth-order valence-corrected chi connectivity index (χ4v) is 0.897. The molecular weight excluding hydrogens is 146 g/mol. The summed E-state index contributed by atoms with van der Waals surface area (Å²) < 4.78 is 0. The zero-order valence-corrected chi connectivity index (χ0v) is 7.41. The Hall–Kier alpha value is -0.220. The second kappa shape index (κ2) is 4.57. The van der Waals surface area contributed by atoms with Crippen LogP contribution >= 0.6 is 11.6 Å². The lowest BCUT2D eigenvalue weighted by molar-refractivity contribution is 0.608. The first-order valence-electron chi connectivity index (χ1n) is 3.72. The van der Waals surface area contributed by atoms with Crippen LogP contribution in [0.2, 0.25) is 0 Å². The molecule has 0 radical (unpaired) electrons. The molecule has 1 unspecified atom stereocenters. The molecule has 0 aliphatic carbocycles. The number of nitriles is 1. The molecule has 0 aliphatic rings. The van der Waals surface area contributed by atoms with Crippen molar-refractivity contribution in [3.63, 3.8) is 0 Å². The summed E-state index contributed by atoms with van der Waals surface area (Å²) in [4.78, 5) is -0.630. The Morgan fingerprint density at radius 2 is 2.10 bits per heavy atom. The van der Waals surface area contributed by atoms with Crippen molar-refractivity contribution in [3.8, 4) is 6.07 Å². The summed E-state index contributed by atoms with van der Waals surface area (Å²) in [5, 5.41) is 8.51. The average molecular weight is 160 g/mol. The van der Waals surface area contributed by atoms with Crippen molar-refractivity contribution in [2.75, 3.05) is 0 Å². The van der Waals surface area contributed by atoms with E-state index in [2.05, 4.69) is 13.0 Å². The van der Waals surface area contributed by atoms with Crippen LogP contribution in [-0.2, 0) is 0 Å². The third kappa shape index (κ3) is 4.64. The van der Waals surface area contributed by atoms with Gasteiger partial charge in [0.2, 0.25) is 0 Å². The lowest BCUT2D eigenvalue weighted by atomic mass is 10.0. The van der Waals surface area contributed by atoms with Gasteiger partial charge >= 0.3 is 0 Å². The van der Waals surface area contributed by atoms with Gasteiger partial charge in [0, 0.05) is 0 Å². The van der Waals surface area contributed by atoms with E-state index in [0.29, 0.717) is 0 Å². The third-order valence-corrected chi connectivity index (χ3v) is 1.76. The summed E-state index contributed by atoms with van der Waals surface area (Å²) in [5.74, 6) is 0. The van der Waals surface area contributed by atoms with Crippen molar-refractivity contribution >= 4 is 11.6 Å². The standard InChI is InChI=1S/C8H14ClN/c1-3-4-5-6-8(2,9)7-10/h3-6H2,1-2H3. The third-order valence-electron chi connectivity index (χ3n) is 1.48. The SMILES string of the molecule is CCCCCC(C)(Cl)C#N. The van der Waals surface area contributed by atoms with Gasteiger partial charge in [-0.1, -0.05) is 26.2 Å². The quantitative estimate of drug-likeness (QED) is 0.457. The second-order valence-electron chi connectivity index (χ2n) is 2.77. The largest absolute Gasteiger partial charge is 0.196 e. The van der Waals surface area contributed by atoms with Gasteiger partial charge in [-0.25, -0.2) is 0 Å². The van der Waals surface area contributed by atoms with Crippen molar-refractivity contribution in [2.24, 2.45) is 0 Å². The van der Waals surface area contributed by atoms with Gasteiger partial charge in [0.25, 0.3) is 0 Å². The van der Waals surface area contributed by atoms with E-state index < -0.39 is 4.87 Å². The van der Waals surface area contributed by atoms with E-state index in [9.17, 15) is 0 Å². The number of alkyl halides is 1. The Morgan fingerprint density at radius 3 is 2.50 bits per heavy atom. The number of halogens is 1. The number of nitrogens with zero attached hydrogens (tertiary/aromatic N) is 1. The molecule has 0 aromatic rings. The minimum atomic E-state index is -0.630. The van der Waals surface area contributed by atoms with Crippen LogP contribution in [0.15, 0.2) is 0 Å². The molecule has 0 spiro atoms. The minimum absolute atomic E-state index is 0.630. The van der Waals surface area contributed by atoms with Crippen LogP contribution in [0.5, 0.6) is 0 Å². The van der Waals surface area contributed by atoms with Crippen molar-refractivity contribution in [1.82, 2.24) is 0 Å². The summed E-state index contributed by atoms with van der Waals surface area (Å²) in [6.07, 6.45) is 4.21. The first-order valence-corrected chi connectivity index (χ1v) is 4.10. The lowest BCUT2D eigenvalue weighted by Gasteiger charge is -2.10. The highest BCUT2D eigenvalue weighted by Crippen LogP contribution is 2.20. The predicted octanol–water partition coefficient (Wildman–Crippen LogP) is 3.09. The summed E-state index contributed by atoms with van der Waals surface area (Å²) >= 11 is 5.80. The van der Waals surface area contributed by atoms with E-state index >= 15 is 0 Å². The summed E-state index contributed by atoms with van der Waals surface area (Å²) in [7, 11) is 0. The molecule has 0 heterocycles. The molecule has 10 heavy (non-hydrogen) atoms. The van der Waals surface area contributed by atoms with E-state index in [-0.39, 0.29) is 0 Å². The smallest absolute Gasteiger partial charge is 0.128 e. The van der Waals surface area contributed by atoms with Crippen molar-refractivity contribution < 1.29 is 0 Å². The van der Waals surface area contributed by atoms with E-state index in [4.69, 9.17) is 16.9 Å². The Labute approximate surface area is 68.0 Å². The van der Waals surface area contributed by atoms with Gasteiger partial charge in [0.15, 0.2) is 0 Å². The zero-order chi connectivity index (χ0) is 8.04. The highest BCUT2D eigenvalue weighted by atomic mass is 35.5. The fraction of sp³-hybridized carbons (Fsp3) is 0.875. The molecule has 0 aromatic carbocycles. The summed E-state index contributed by atoms with van der Waals surface area (Å²) in [6.45, 7) is 3.90. The maximum atomic E-state index is 8.51. The van der Waals surface area contributed by atoms with E-state index in [1.165, 1.54) is 12.8 Å². The van der Waals surface area contributed by atoms with Crippen molar-refractivity contribution in [3.05, 3.63) is 0 Å². The molecule has 0 rings (SSSR count). The molecule has 0 aliphatic heterocycles. The van der Waals surface area contributed by atoms with Gasteiger partial charge in [-0.15, -0.1) is 11.6 Å². The van der Waals surface area contributed by atoms with Gasteiger partial charge in [0.05, 0.1) is 6.07 Å². The maximum absolute atomic E-state index is 8.51. The topological polar surface area (TPSA) is 23.8 Å². The Bertz CT molecular complexity index is 124. The lowest BCUT2D eigenvalue weighted by Crippen LogP contribution is -2.11. The molecule has 0 fully saturated rings. The number of hydrogen-bond donors (Lipinski definition) is 0. The highest BCUT2D eigenvalue weighted by molar-refractivity contribution is 6.25. The first-order chi connectivity index (χ1) is 4.62. The molecule has 0 amide bonds. The van der Waals surface area contributed by atoms with Crippen LogP contribution in [-0.4, -0.2) is 4.87 Å². The van der Waals surface area contributed by atoms with E-state index in [1.54, 1.807) is 6.92 Å². The number of unbranched alkanes of at least 4 members (excludes halogenated alkanes) is 2. The van der Waals surface area contributed by atoms with Crippen LogP contribution in [0.25, 0.3) is 0 Å². The fourth-order valence-electron chi connectivity index (χ4n) is 0.763. The van der Waals surface area contributed by atoms with Crippen LogP contribution in [0.4, 0.5) is 0 Å². The molecule has 1 atom stereocenters. The average Bonchev–Trinajstić information content (AvgIpc) is 1.89. The molecule has 0 bridgehead atoms. The monoisotopic (exact) mass is 159 g/mol. The van der Waals surface area contributed by atoms with Gasteiger partial charge < -0.3 is 0 Å². The maximum Gasteiger partial charge on any atom is 0.128 e. The predicted molar refractivity (Wildman–Crippen MR) is 44.0 cm³/mol. The van der Waals surface area contributed by atoms with E-state index in [1.807, 2.05) is 0 Å². The Morgan fingerprint density at radius 1 is 1.50 bits per heavy atom. The summed E-state index contributed by atoms with van der Waals surface area (Å²) in [6, 6.07) is 2.07. The van der Waals surface area contributed by atoms with Gasteiger partial charge in [-0.3, -0.25) is 0 Å². The molecule has 1 nitrogen and oxygen atoms in total. The summed E-state index contributed by atoms with van der Waals surface area (Å²) in [5.41, 5.74) is 0. The minimum Gasteiger partial charge on any atom is -0.196 e. The van der Waals surface area contributed by atoms with Crippen molar-refractivity contribution in [2.45, 2.75) is 44.4 Å². The molecule has 2 heteroatoms. The van der Waals surface area contributed by atoms with Gasteiger partial charge in [-0.05, 0) is 13.3 Å². The van der Waals surface area contributed by atoms with Crippen LogP contribution in [0, 0.1) is 11.3 Å². The number of rotatable bonds is 4. The molecule has 0 aromatic heterocycles. The van der Waals surface area contributed by atoms with Gasteiger partial charge in [-0.2, -0.15) is 5.26 Å². The molecule has 58 valence electrons. The normalized spacial score (nSPS) is 15.8. The first kappa shape index (κ1) is 9.78. The van der Waals surface area contributed by atoms with Crippen LogP contribution in [0.1, 0.15) is 39.5 Å². The Balaban J connectivity index is 3.40. The van der Waals surface area contributed by atoms with Crippen LogP contribution in [0.3, 0.4) is 0 Å². The Kier molecular flexibility index (Phi) is 4.47. The molecule has 0 saturated heterocycles. The molecule has 0 saturated carbocycles. The van der Waals surface area contributed by atoms with Gasteiger partial charge in [0.1, 0.15) is 4.87 Å². The second-order valence-corrected chi connectivity index (χ2v) is 3.60. The van der Waals surface area contributed by atoms with E-state index in [0.717, 1.165) is 12.8 Å². The molecular formula is C8H14ClN. The highest BCUT2D eigenvalue weighted by Gasteiger charge is 2.17. The van der Waals surface area contributed by atoms with Crippen molar-refractivity contribution in [1.29, 1.82) is 5.26 Å². The van der Waals surface area contributed by atoms with Crippen LogP contribution < -0.4 is 0 Å². The molecule has 0 N–H and O–H groups in total.